The second-order valence-corrected chi connectivity index (χ2v) is 2.51. The minimum atomic E-state index is -0.526. The Hall–Kier alpha value is -2.03. The molecule has 0 radical (unpaired) electrons. The maximum atomic E-state index is 11.2. The third-order valence-electron chi connectivity index (χ3n) is 1.11. The molecule has 1 amide bonds. The smallest absolute Gasteiger partial charge is 0.268 e. The van der Waals surface area contributed by atoms with Gasteiger partial charge in [-0.1, -0.05) is 5.16 Å². The summed E-state index contributed by atoms with van der Waals surface area (Å²) in [6.07, 6.45) is 2.49. The van der Waals surface area contributed by atoms with E-state index in [-0.39, 0.29) is 5.57 Å². The zero-order chi connectivity index (χ0) is 11.0. The number of carbonyl (C=O) groups is 1. The maximum absolute atomic E-state index is 11.2. The summed E-state index contributed by atoms with van der Waals surface area (Å²) in [5.41, 5.74) is -0.00227. The van der Waals surface area contributed by atoms with Crippen LogP contribution in [0.25, 0.3) is 0 Å². The molecule has 0 saturated carbocycles. The van der Waals surface area contributed by atoms with Gasteiger partial charge in [0.2, 0.25) is 0 Å². The lowest BCUT2D eigenvalue weighted by Crippen LogP contribution is -2.24. The van der Waals surface area contributed by atoms with E-state index in [1.807, 2.05) is 0 Å². The lowest BCUT2D eigenvalue weighted by molar-refractivity contribution is -0.115. The number of nitrogens with zero attached hydrogens (tertiary/aromatic N) is 3. The van der Waals surface area contributed by atoms with Gasteiger partial charge in [-0.3, -0.25) is 4.79 Å². The van der Waals surface area contributed by atoms with Crippen LogP contribution < -0.4 is 5.32 Å². The molecule has 0 aliphatic carbocycles. The molecule has 0 bridgehead atoms. The van der Waals surface area contributed by atoms with Gasteiger partial charge >= 0.3 is 0 Å². The Labute approximate surface area is 82.4 Å². The van der Waals surface area contributed by atoms with Gasteiger partial charge in [-0.05, 0) is 0 Å². The number of oxime groups is 1. The van der Waals surface area contributed by atoms with Crippen LogP contribution in [0.2, 0.25) is 0 Å². The molecule has 0 saturated heterocycles. The molecule has 0 aliphatic rings. The summed E-state index contributed by atoms with van der Waals surface area (Å²) in [7, 11) is 4.78. The largest absolute Gasteiger partial charge is 0.398 e. The molecule has 6 heteroatoms. The molecule has 0 aromatic rings. The highest BCUT2D eigenvalue weighted by molar-refractivity contribution is 6.02. The van der Waals surface area contributed by atoms with E-state index < -0.39 is 5.91 Å². The molecule has 0 spiro atoms. The first-order valence-electron chi connectivity index (χ1n) is 3.76. The van der Waals surface area contributed by atoms with Gasteiger partial charge in [-0.25, -0.2) is 0 Å². The highest BCUT2D eigenvalue weighted by Crippen LogP contribution is 1.92. The van der Waals surface area contributed by atoms with E-state index in [0.717, 1.165) is 6.34 Å². The van der Waals surface area contributed by atoms with Gasteiger partial charge in [0.05, 0.1) is 0 Å². The Morgan fingerprint density at radius 1 is 1.64 bits per heavy atom. The Bertz CT molecular complexity index is 288. The summed E-state index contributed by atoms with van der Waals surface area (Å²) >= 11 is 0. The molecule has 0 aromatic carbocycles. The van der Waals surface area contributed by atoms with Crippen LogP contribution in [-0.2, 0) is 9.63 Å². The van der Waals surface area contributed by atoms with Crippen LogP contribution in [0.5, 0.6) is 0 Å². The number of nitrogens with one attached hydrogen (secondary N) is 1. The van der Waals surface area contributed by atoms with Crippen LogP contribution in [0.1, 0.15) is 0 Å². The molecule has 0 heterocycles. The first-order valence-corrected chi connectivity index (χ1v) is 3.76. The van der Waals surface area contributed by atoms with Crippen LogP contribution in [0.4, 0.5) is 0 Å². The second kappa shape index (κ2) is 6.48. The second-order valence-electron chi connectivity index (χ2n) is 2.51. The van der Waals surface area contributed by atoms with Crippen molar-refractivity contribution in [1.82, 2.24) is 10.2 Å². The average Bonchev–Trinajstić information content (AvgIpc) is 2.14. The SMILES string of the molecule is CON=CNC(=O)/C(C#N)=C/N(C)C. The van der Waals surface area contributed by atoms with Crippen molar-refractivity contribution in [2.45, 2.75) is 0 Å². The van der Waals surface area contributed by atoms with E-state index in [0.29, 0.717) is 0 Å². The van der Waals surface area contributed by atoms with Crippen molar-refractivity contribution in [3.8, 4) is 6.07 Å². The molecule has 0 aliphatic heterocycles. The molecule has 1 N–H and O–H groups in total. The molecule has 0 rings (SSSR count). The summed E-state index contributed by atoms with van der Waals surface area (Å²) < 4.78 is 0. The number of hydrogen-bond donors (Lipinski definition) is 1. The summed E-state index contributed by atoms with van der Waals surface area (Å²) in [4.78, 5) is 17.1. The summed E-state index contributed by atoms with van der Waals surface area (Å²) in [6, 6.07) is 1.76. The van der Waals surface area contributed by atoms with E-state index in [1.54, 1.807) is 25.1 Å². The van der Waals surface area contributed by atoms with Crippen molar-refractivity contribution in [2.24, 2.45) is 5.16 Å². The van der Waals surface area contributed by atoms with Gasteiger partial charge in [0.1, 0.15) is 25.1 Å². The van der Waals surface area contributed by atoms with Crippen molar-refractivity contribution in [3.05, 3.63) is 11.8 Å². The van der Waals surface area contributed by atoms with Crippen molar-refractivity contribution >= 4 is 12.2 Å². The summed E-state index contributed by atoms with van der Waals surface area (Å²) in [5, 5.41) is 14.2. The average molecular weight is 196 g/mol. The monoisotopic (exact) mass is 196 g/mol. The van der Waals surface area contributed by atoms with Gasteiger partial charge in [0, 0.05) is 20.3 Å². The number of nitriles is 1. The number of rotatable bonds is 4. The lowest BCUT2D eigenvalue weighted by Gasteiger charge is -2.04. The Kier molecular flexibility index (Phi) is 5.54. The number of amides is 1. The van der Waals surface area contributed by atoms with Crippen LogP contribution in [0, 0.1) is 11.3 Å². The molecule has 0 aromatic heterocycles. The van der Waals surface area contributed by atoms with Crippen LogP contribution in [0.3, 0.4) is 0 Å². The quantitative estimate of drug-likeness (QED) is 0.219. The van der Waals surface area contributed by atoms with E-state index in [4.69, 9.17) is 5.26 Å². The standard InChI is InChI=1S/C8H12N4O2/c1-12(2)5-7(4-9)8(13)10-6-11-14-3/h5-6H,1-3H3,(H,10,11,13)/b7-5+. The minimum absolute atomic E-state index is 0.00227. The van der Waals surface area contributed by atoms with Crippen LogP contribution in [0.15, 0.2) is 16.9 Å². The molecule has 0 atom stereocenters. The molecule has 14 heavy (non-hydrogen) atoms. The van der Waals surface area contributed by atoms with Gasteiger partial charge in [-0.15, -0.1) is 0 Å². The van der Waals surface area contributed by atoms with E-state index in [9.17, 15) is 4.79 Å². The molecular formula is C8H12N4O2. The summed E-state index contributed by atoms with van der Waals surface area (Å²) in [6.45, 7) is 0. The van der Waals surface area contributed by atoms with Gasteiger partial charge in [0.25, 0.3) is 5.91 Å². The molecule has 76 valence electrons. The zero-order valence-corrected chi connectivity index (χ0v) is 8.31. The fourth-order valence-corrected chi connectivity index (χ4v) is 0.612. The maximum Gasteiger partial charge on any atom is 0.268 e. The fraction of sp³-hybridized carbons (Fsp3) is 0.375. The molecular weight excluding hydrogens is 184 g/mol. The summed E-state index contributed by atoms with van der Waals surface area (Å²) in [5.74, 6) is -0.526. The van der Waals surface area contributed by atoms with Crippen molar-refractivity contribution in [1.29, 1.82) is 5.26 Å². The Morgan fingerprint density at radius 2 is 2.29 bits per heavy atom. The molecule has 0 unspecified atom stereocenters. The van der Waals surface area contributed by atoms with Crippen molar-refractivity contribution < 1.29 is 9.63 Å². The minimum Gasteiger partial charge on any atom is -0.398 e. The third-order valence-corrected chi connectivity index (χ3v) is 1.11. The number of carbonyl (C=O) groups excluding carboxylic acids is 1. The fourth-order valence-electron chi connectivity index (χ4n) is 0.612. The third kappa shape index (κ3) is 4.77. The Balaban J connectivity index is 4.35. The first kappa shape index (κ1) is 12.0. The van der Waals surface area contributed by atoms with Crippen LogP contribution in [-0.4, -0.2) is 38.4 Å². The van der Waals surface area contributed by atoms with Crippen molar-refractivity contribution in [3.63, 3.8) is 0 Å². The number of hydrogen-bond acceptors (Lipinski definition) is 5. The highest BCUT2D eigenvalue weighted by Gasteiger charge is 2.06. The van der Waals surface area contributed by atoms with Gasteiger partial charge in [-0.2, -0.15) is 5.26 Å². The van der Waals surface area contributed by atoms with E-state index in [2.05, 4.69) is 15.3 Å². The van der Waals surface area contributed by atoms with Gasteiger partial charge in [0.15, 0.2) is 0 Å². The first-order chi connectivity index (χ1) is 6.61. The zero-order valence-electron chi connectivity index (χ0n) is 8.31. The van der Waals surface area contributed by atoms with E-state index in [1.165, 1.54) is 13.3 Å². The van der Waals surface area contributed by atoms with Crippen molar-refractivity contribution in [2.75, 3.05) is 21.2 Å². The Morgan fingerprint density at radius 3 is 2.71 bits per heavy atom. The van der Waals surface area contributed by atoms with Crippen LogP contribution >= 0.6 is 0 Å². The molecule has 0 fully saturated rings. The normalized spacial score (nSPS) is 10.9. The lowest BCUT2D eigenvalue weighted by atomic mass is 10.3. The predicted octanol–water partition coefficient (Wildman–Crippen LogP) is -0.339. The topological polar surface area (TPSA) is 77.7 Å². The van der Waals surface area contributed by atoms with E-state index >= 15 is 0 Å². The molecule has 6 nitrogen and oxygen atoms in total. The predicted molar refractivity (Wildman–Crippen MR) is 51.0 cm³/mol. The highest BCUT2D eigenvalue weighted by atomic mass is 16.6. The van der Waals surface area contributed by atoms with Gasteiger partial charge < -0.3 is 15.1 Å².